The van der Waals surface area contributed by atoms with E-state index in [-0.39, 0.29) is 5.91 Å². The molecule has 158 valence electrons. The van der Waals surface area contributed by atoms with Crippen molar-refractivity contribution in [3.8, 4) is 28.7 Å². The Morgan fingerprint density at radius 2 is 1.83 bits per heavy atom. The van der Waals surface area contributed by atoms with Crippen molar-refractivity contribution in [3.05, 3.63) is 42.5 Å². The van der Waals surface area contributed by atoms with Gasteiger partial charge in [0.15, 0.2) is 11.5 Å². The second-order valence-electron chi connectivity index (χ2n) is 6.15. The number of ether oxygens (including phenoxy) is 3. The molecule has 1 heterocycles. The van der Waals surface area contributed by atoms with Crippen LogP contribution in [0.4, 0.5) is 5.69 Å². The molecule has 9 heteroatoms. The molecule has 0 aliphatic rings. The van der Waals surface area contributed by atoms with E-state index in [9.17, 15) is 4.79 Å². The maximum atomic E-state index is 12.5. The molecule has 8 nitrogen and oxygen atoms in total. The molecule has 1 atom stereocenters. The molecule has 0 saturated heterocycles. The number of rotatable bonds is 9. The number of methoxy groups -OCH3 is 2. The van der Waals surface area contributed by atoms with E-state index in [2.05, 4.69) is 15.5 Å². The van der Waals surface area contributed by atoms with E-state index in [0.717, 1.165) is 5.75 Å². The topological polar surface area (TPSA) is 95.7 Å². The molecule has 1 amide bonds. The van der Waals surface area contributed by atoms with Gasteiger partial charge in [0.05, 0.1) is 26.1 Å². The van der Waals surface area contributed by atoms with E-state index < -0.39 is 5.25 Å². The summed E-state index contributed by atoms with van der Waals surface area (Å²) in [4.78, 5) is 12.5. The Morgan fingerprint density at radius 1 is 1.10 bits per heavy atom. The smallest absolute Gasteiger partial charge is 0.277 e. The van der Waals surface area contributed by atoms with Crippen molar-refractivity contribution >= 4 is 23.4 Å². The van der Waals surface area contributed by atoms with Crippen LogP contribution in [0.1, 0.15) is 13.8 Å². The number of nitrogens with zero attached hydrogens (tertiary/aromatic N) is 2. The van der Waals surface area contributed by atoms with Gasteiger partial charge in [0, 0.05) is 11.3 Å². The zero-order valence-corrected chi connectivity index (χ0v) is 18.0. The summed E-state index contributed by atoms with van der Waals surface area (Å²) in [7, 11) is 3.13. The van der Waals surface area contributed by atoms with Crippen LogP contribution in [0.3, 0.4) is 0 Å². The fraction of sp³-hybridized carbons (Fsp3) is 0.286. The zero-order valence-electron chi connectivity index (χ0n) is 17.2. The van der Waals surface area contributed by atoms with Gasteiger partial charge in [0.1, 0.15) is 5.75 Å². The molecule has 3 aromatic rings. The standard InChI is InChI=1S/C21H23N3O5S/c1-5-28-16-9-7-15(8-10-16)22-19(25)13(2)30-21-24-23-20(29-21)14-6-11-17(26-3)18(12-14)27-4/h6-13H,5H2,1-4H3,(H,22,25)/t13-/m1/s1. The van der Waals surface area contributed by atoms with Crippen molar-refractivity contribution < 1.29 is 23.4 Å². The number of hydrogen-bond donors (Lipinski definition) is 1. The molecule has 1 N–H and O–H groups in total. The molecule has 2 aromatic carbocycles. The first-order valence-corrected chi connectivity index (χ1v) is 10.2. The molecule has 3 rings (SSSR count). The number of anilines is 1. The van der Waals surface area contributed by atoms with Gasteiger partial charge in [0.25, 0.3) is 5.22 Å². The summed E-state index contributed by atoms with van der Waals surface area (Å²) in [6.07, 6.45) is 0. The summed E-state index contributed by atoms with van der Waals surface area (Å²) in [5, 5.41) is 10.8. The van der Waals surface area contributed by atoms with Crippen molar-refractivity contribution in [2.24, 2.45) is 0 Å². The Balaban J connectivity index is 1.62. The molecule has 0 fully saturated rings. The van der Waals surface area contributed by atoms with E-state index in [1.165, 1.54) is 11.8 Å². The predicted octanol–water partition coefficient (Wildman–Crippen LogP) is 4.27. The summed E-state index contributed by atoms with van der Waals surface area (Å²) in [6.45, 7) is 4.28. The summed E-state index contributed by atoms with van der Waals surface area (Å²) in [6, 6.07) is 12.5. The molecule has 1 aromatic heterocycles. The quantitative estimate of drug-likeness (QED) is 0.504. The number of nitrogens with one attached hydrogen (secondary N) is 1. The van der Waals surface area contributed by atoms with Crippen molar-refractivity contribution in [1.82, 2.24) is 10.2 Å². The van der Waals surface area contributed by atoms with Gasteiger partial charge in [0.2, 0.25) is 11.8 Å². The number of carbonyl (C=O) groups is 1. The normalized spacial score (nSPS) is 11.6. The SMILES string of the molecule is CCOc1ccc(NC(=O)[C@@H](C)Sc2nnc(-c3ccc(OC)c(OC)c3)o2)cc1. The van der Waals surface area contributed by atoms with Gasteiger partial charge >= 0.3 is 0 Å². The van der Waals surface area contributed by atoms with Gasteiger partial charge in [-0.15, -0.1) is 10.2 Å². The van der Waals surface area contributed by atoms with E-state index in [1.54, 1.807) is 51.5 Å². The van der Waals surface area contributed by atoms with E-state index in [0.29, 0.717) is 40.5 Å². The molecule has 0 bridgehead atoms. The summed E-state index contributed by atoms with van der Waals surface area (Å²) in [5.41, 5.74) is 1.38. The van der Waals surface area contributed by atoms with Crippen LogP contribution in [0.5, 0.6) is 17.2 Å². The van der Waals surface area contributed by atoms with Crippen LogP contribution in [-0.4, -0.2) is 42.2 Å². The zero-order chi connectivity index (χ0) is 21.5. The van der Waals surface area contributed by atoms with Crippen molar-refractivity contribution in [2.45, 2.75) is 24.3 Å². The molecular weight excluding hydrogens is 406 g/mol. The Bertz CT molecular complexity index is 991. The van der Waals surface area contributed by atoms with Crippen molar-refractivity contribution in [1.29, 1.82) is 0 Å². The highest BCUT2D eigenvalue weighted by Crippen LogP contribution is 2.33. The number of aromatic nitrogens is 2. The first-order chi connectivity index (χ1) is 14.5. The minimum Gasteiger partial charge on any atom is -0.494 e. The van der Waals surface area contributed by atoms with Crippen LogP contribution in [0.25, 0.3) is 11.5 Å². The number of amides is 1. The van der Waals surface area contributed by atoms with Gasteiger partial charge in [-0.1, -0.05) is 11.8 Å². The number of benzene rings is 2. The third kappa shape index (κ3) is 5.24. The first kappa shape index (κ1) is 21.5. The fourth-order valence-corrected chi connectivity index (χ4v) is 3.28. The molecule has 0 spiro atoms. The largest absolute Gasteiger partial charge is 0.494 e. The Labute approximate surface area is 178 Å². The maximum Gasteiger partial charge on any atom is 0.277 e. The summed E-state index contributed by atoms with van der Waals surface area (Å²) < 4.78 is 21.6. The van der Waals surface area contributed by atoms with Crippen LogP contribution in [0.2, 0.25) is 0 Å². The highest BCUT2D eigenvalue weighted by molar-refractivity contribution is 8.00. The minimum absolute atomic E-state index is 0.171. The van der Waals surface area contributed by atoms with Crippen LogP contribution in [-0.2, 0) is 4.79 Å². The highest BCUT2D eigenvalue weighted by atomic mass is 32.2. The van der Waals surface area contributed by atoms with Gasteiger partial charge in [-0.3, -0.25) is 4.79 Å². The molecule has 0 radical (unpaired) electrons. The lowest BCUT2D eigenvalue weighted by molar-refractivity contribution is -0.115. The third-order valence-electron chi connectivity index (χ3n) is 4.12. The monoisotopic (exact) mass is 429 g/mol. The molecule has 0 aliphatic carbocycles. The summed E-state index contributed by atoms with van der Waals surface area (Å²) >= 11 is 1.18. The molecule has 30 heavy (non-hydrogen) atoms. The van der Waals surface area contributed by atoms with E-state index in [4.69, 9.17) is 18.6 Å². The van der Waals surface area contributed by atoms with Crippen molar-refractivity contribution in [3.63, 3.8) is 0 Å². The van der Waals surface area contributed by atoms with Crippen molar-refractivity contribution in [2.75, 3.05) is 26.1 Å². The first-order valence-electron chi connectivity index (χ1n) is 9.30. The highest BCUT2D eigenvalue weighted by Gasteiger charge is 2.19. The van der Waals surface area contributed by atoms with Gasteiger partial charge in [-0.05, 0) is 56.3 Å². The van der Waals surface area contributed by atoms with E-state index in [1.807, 2.05) is 19.1 Å². The molecule has 0 saturated carbocycles. The fourth-order valence-electron chi connectivity index (χ4n) is 2.59. The maximum absolute atomic E-state index is 12.5. The number of hydrogen-bond acceptors (Lipinski definition) is 8. The molecular formula is C21H23N3O5S. The molecule has 0 unspecified atom stereocenters. The van der Waals surface area contributed by atoms with Crippen LogP contribution in [0.15, 0.2) is 52.1 Å². The number of carbonyl (C=O) groups excluding carboxylic acids is 1. The second kappa shape index (κ2) is 10.0. The second-order valence-corrected chi connectivity index (χ2v) is 7.44. The Kier molecular flexibility index (Phi) is 7.18. The molecule has 0 aliphatic heterocycles. The average Bonchev–Trinajstić information content (AvgIpc) is 3.23. The number of thioether (sulfide) groups is 1. The lowest BCUT2D eigenvalue weighted by Crippen LogP contribution is -2.22. The predicted molar refractivity (Wildman–Crippen MR) is 114 cm³/mol. The Morgan fingerprint density at radius 3 is 2.50 bits per heavy atom. The third-order valence-corrected chi connectivity index (χ3v) is 5.05. The lowest BCUT2D eigenvalue weighted by atomic mass is 10.2. The van der Waals surface area contributed by atoms with Gasteiger partial charge < -0.3 is 23.9 Å². The minimum atomic E-state index is -0.435. The average molecular weight is 429 g/mol. The van der Waals surface area contributed by atoms with Crippen LogP contribution >= 0.6 is 11.8 Å². The van der Waals surface area contributed by atoms with Crippen LogP contribution in [0, 0.1) is 0 Å². The van der Waals surface area contributed by atoms with Crippen LogP contribution < -0.4 is 19.5 Å². The Hall–Kier alpha value is -3.20. The summed E-state index contributed by atoms with van der Waals surface area (Å²) in [5.74, 6) is 2.08. The van der Waals surface area contributed by atoms with E-state index >= 15 is 0 Å². The van der Waals surface area contributed by atoms with Gasteiger partial charge in [-0.25, -0.2) is 0 Å². The lowest BCUT2D eigenvalue weighted by Gasteiger charge is -2.10. The van der Waals surface area contributed by atoms with Gasteiger partial charge in [-0.2, -0.15) is 0 Å².